The molecule has 0 spiro atoms. The first-order chi connectivity index (χ1) is 11.4. The summed E-state index contributed by atoms with van der Waals surface area (Å²) in [4.78, 5) is 17.7. The molecule has 24 heavy (non-hydrogen) atoms. The maximum absolute atomic E-state index is 13.5. The Balaban J connectivity index is 1.89. The van der Waals surface area contributed by atoms with E-state index in [-0.39, 0.29) is 11.7 Å². The van der Waals surface area contributed by atoms with Crippen LogP contribution in [0.5, 0.6) is 0 Å². The van der Waals surface area contributed by atoms with Crippen molar-refractivity contribution in [2.75, 3.05) is 40.4 Å². The second kappa shape index (κ2) is 6.81. The second-order valence-corrected chi connectivity index (χ2v) is 7.42. The van der Waals surface area contributed by atoms with Crippen molar-refractivity contribution < 1.29 is 13.9 Å². The number of hydrogen-bond donors (Lipinski definition) is 0. The van der Waals surface area contributed by atoms with Gasteiger partial charge in [0.1, 0.15) is 5.82 Å². The van der Waals surface area contributed by atoms with Gasteiger partial charge in [0, 0.05) is 32.3 Å². The number of hydrogen-bond acceptors (Lipinski definition) is 3. The summed E-state index contributed by atoms with van der Waals surface area (Å²) in [5.41, 5.74) is 0.338. The van der Waals surface area contributed by atoms with Crippen LogP contribution in [0, 0.1) is 11.7 Å². The molecule has 4 nitrogen and oxygen atoms in total. The number of rotatable bonds is 3. The number of carbonyl (C=O) groups is 1. The van der Waals surface area contributed by atoms with Crippen molar-refractivity contribution in [3.05, 3.63) is 35.6 Å². The minimum absolute atomic E-state index is 0.175. The van der Waals surface area contributed by atoms with E-state index < -0.39 is 5.41 Å². The first-order valence-electron chi connectivity index (χ1n) is 8.73. The van der Waals surface area contributed by atoms with Gasteiger partial charge in [0.2, 0.25) is 5.91 Å². The van der Waals surface area contributed by atoms with Crippen LogP contribution in [0.2, 0.25) is 0 Å². The number of carbonyl (C=O) groups excluding carboxylic acids is 1. The topological polar surface area (TPSA) is 32.8 Å². The van der Waals surface area contributed by atoms with Gasteiger partial charge in [-0.05, 0) is 50.6 Å². The number of amides is 1. The van der Waals surface area contributed by atoms with Crippen LogP contribution in [-0.2, 0) is 14.9 Å². The second-order valence-electron chi connectivity index (χ2n) is 7.42. The molecule has 2 aliphatic heterocycles. The van der Waals surface area contributed by atoms with Crippen molar-refractivity contribution in [2.24, 2.45) is 5.92 Å². The monoisotopic (exact) mass is 334 g/mol. The third-order valence-corrected chi connectivity index (χ3v) is 5.68. The fraction of sp³-hybridized carbons (Fsp3) is 0.632. The van der Waals surface area contributed by atoms with Crippen LogP contribution in [0.1, 0.15) is 25.3 Å². The lowest BCUT2D eigenvalue weighted by Crippen LogP contribution is -2.49. The fourth-order valence-corrected chi connectivity index (χ4v) is 4.21. The van der Waals surface area contributed by atoms with Crippen LogP contribution in [0.15, 0.2) is 24.3 Å². The molecule has 0 bridgehead atoms. The van der Waals surface area contributed by atoms with Crippen LogP contribution in [-0.4, -0.2) is 62.1 Å². The van der Waals surface area contributed by atoms with Gasteiger partial charge >= 0.3 is 0 Å². The highest BCUT2D eigenvalue weighted by Crippen LogP contribution is 2.38. The molecule has 0 aliphatic carbocycles. The van der Waals surface area contributed by atoms with Crippen LogP contribution in [0.3, 0.4) is 0 Å². The summed E-state index contributed by atoms with van der Waals surface area (Å²) in [5, 5.41) is 0. The zero-order chi connectivity index (χ0) is 17.3. The van der Waals surface area contributed by atoms with E-state index in [1.165, 1.54) is 12.1 Å². The van der Waals surface area contributed by atoms with Gasteiger partial charge in [0.15, 0.2) is 0 Å². The minimum Gasteiger partial charge on any atom is -0.381 e. The Bertz CT molecular complexity index is 582. The van der Waals surface area contributed by atoms with E-state index in [1.54, 1.807) is 12.1 Å². The van der Waals surface area contributed by atoms with Crippen molar-refractivity contribution >= 4 is 5.91 Å². The Morgan fingerprint density at radius 2 is 1.83 bits per heavy atom. The van der Waals surface area contributed by atoms with Gasteiger partial charge in [-0.2, -0.15) is 0 Å². The molecule has 3 rings (SSSR count). The van der Waals surface area contributed by atoms with Gasteiger partial charge in [-0.15, -0.1) is 0 Å². The molecule has 5 heteroatoms. The number of likely N-dealkylation sites (tertiary alicyclic amines) is 1. The number of halogens is 1. The number of nitrogens with zero attached hydrogens (tertiary/aromatic N) is 2. The standard InChI is InChI=1S/C19H27FN2O2/c1-14-12-22(13-17(14)21(2)3)18(23)19(8-10-24-11-9-19)15-4-6-16(20)7-5-15/h4-7,14,17H,8-13H2,1-3H3/t14-,17-/m1/s1. The largest absolute Gasteiger partial charge is 0.381 e. The van der Waals surface area contributed by atoms with E-state index in [2.05, 4.69) is 25.9 Å². The fourth-order valence-electron chi connectivity index (χ4n) is 4.21. The average molecular weight is 334 g/mol. The zero-order valence-corrected chi connectivity index (χ0v) is 14.8. The lowest BCUT2D eigenvalue weighted by molar-refractivity contribution is -0.140. The van der Waals surface area contributed by atoms with E-state index in [0.717, 1.165) is 18.7 Å². The predicted octanol–water partition coefficient (Wildman–Crippen LogP) is 2.28. The van der Waals surface area contributed by atoms with E-state index >= 15 is 0 Å². The molecule has 0 unspecified atom stereocenters. The highest BCUT2D eigenvalue weighted by atomic mass is 19.1. The Labute approximate surface area is 143 Å². The molecule has 132 valence electrons. The highest BCUT2D eigenvalue weighted by molar-refractivity contribution is 5.88. The summed E-state index contributed by atoms with van der Waals surface area (Å²) in [6.45, 7) is 4.89. The van der Waals surface area contributed by atoms with Crippen LogP contribution < -0.4 is 0 Å². The summed E-state index contributed by atoms with van der Waals surface area (Å²) in [5.74, 6) is 0.360. The van der Waals surface area contributed by atoms with Crippen LogP contribution in [0.4, 0.5) is 4.39 Å². The summed E-state index contributed by atoms with van der Waals surface area (Å²) < 4.78 is 18.9. The Hall–Kier alpha value is -1.46. The van der Waals surface area contributed by atoms with E-state index in [4.69, 9.17) is 4.74 Å². The SMILES string of the molecule is C[C@@H]1CN(C(=O)C2(c3ccc(F)cc3)CCOCC2)C[C@H]1N(C)C. The third-order valence-electron chi connectivity index (χ3n) is 5.68. The van der Waals surface area contributed by atoms with Gasteiger partial charge in [-0.3, -0.25) is 4.79 Å². The molecule has 0 saturated carbocycles. The van der Waals surface area contributed by atoms with Gasteiger partial charge < -0.3 is 14.5 Å². The Morgan fingerprint density at radius 3 is 2.38 bits per heavy atom. The maximum atomic E-state index is 13.5. The van der Waals surface area contributed by atoms with Crippen molar-refractivity contribution in [2.45, 2.75) is 31.2 Å². The molecule has 1 aromatic rings. The van der Waals surface area contributed by atoms with Crippen molar-refractivity contribution in [1.82, 2.24) is 9.80 Å². The average Bonchev–Trinajstić information content (AvgIpc) is 2.97. The number of ether oxygens (including phenoxy) is 1. The van der Waals surface area contributed by atoms with E-state index in [9.17, 15) is 9.18 Å². The minimum atomic E-state index is -0.577. The maximum Gasteiger partial charge on any atom is 0.233 e. The first-order valence-corrected chi connectivity index (χ1v) is 8.73. The summed E-state index contributed by atoms with van der Waals surface area (Å²) in [6.07, 6.45) is 1.32. The molecular formula is C19H27FN2O2. The van der Waals surface area contributed by atoms with Gasteiger partial charge in [-0.25, -0.2) is 4.39 Å². The summed E-state index contributed by atoms with van der Waals surface area (Å²) >= 11 is 0. The first kappa shape index (κ1) is 17.4. The quantitative estimate of drug-likeness (QED) is 0.850. The number of likely N-dealkylation sites (N-methyl/N-ethyl adjacent to an activating group) is 1. The van der Waals surface area contributed by atoms with Crippen molar-refractivity contribution in [1.29, 1.82) is 0 Å². The molecule has 0 radical (unpaired) electrons. The van der Waals surface area contributed by atoms with Gasteiger partial charge in [0.25, 0.3) is 0 Å². The van der Waals surface area contributed by atoms with Crippen LogP contribution in [0.25, 0.3) is 0 Å². The Morgan fingerprint density at radius 1 is 1.21 bits per heavy atom. The molecule has 1 amide bonds. The van der Waals surface area contributed by atoms with Crippen molar-refractivity contribution in [3.8, 4) is 0 Å². The molecule has 0 N–H and O–H groups in total. The molecule has 2 fully saturated rings. The van der Waals surface area contributed by atoms with E-state index in [1.807, 2.05) is 4.90 Å². The van der Waals surface area contributed by atoms with Crippen molar-refractivity contribution in [3.63, 3.8) is 0 Å². The zero-order valence-electron chi connectivity index (χ0n) is 14.8. The highest BCUT2D eigenvalue weighted by Gasteiger charge is 2.46. The third kappa shape index (κ3) is 3.07. The molecule has 0 aromatic heterocycles. The lowest BCUT2D eigenvalue weighted by Gasteiger charge is -2.39. The molecule has 2 saturated heterocycles. The lowest BCUT2D eigenvalue weighted by atomic mass is 9.73. The summed E-state index contributed by atoms with van der Waals surface area (Å²) in [7, 11) is 4.14. The Kier molecular flexibility index (Phi) is 4.92. The van der Waals surface area contributed by atoms with Gasteiger partial charge in [-0.1, -0.05) is 19.1 Å². The number of benzene rings is 1. The smallest absolute Gasteiger partial charge is 0.233 e. The molecule has 2 aliphatic rings. The predicted molar refractivity (Wildman–Crippen MR) is 91.4 cm³/mol. The van der Waals surface area contributed by atoms with E-state index in [0.29, 0.717) is 38.0 Å². The molecule has 2 atom stereocenters. The van der Waals surface area contributed by atoms with Crippen LogP contribution >= 0.6 is 0 Å². The molecule has 1 aromatic carbocycles. The molecular weight excluding hydrogens is 307 g/mol. The van der Waals surface area contributed by atoms with Gasteiger partial charge in [0.05, 0.1) is 5.41 Å². The summed E-state index contributed by atoms with van der Waals surface area (Å²) in [6, 6.07) is 6.83. The normalized spacial score (nSPS) is 26.8. The molecule has 2 heterocycles.